The lowest BCUT2D eigenvalue weighted by Gasteiger charge is -2.12. The summed E-state index contributed by atoms with van der Waals surface area (Å²) in [6, 6.07) is 69.4. The molecule has 434 valence electrons. The number of benzene rings is 8. The average molecular weight is 1080 g/mol. The Morgan fingerprint density at radius 2 is 0.815 bits per heavy atom. The normalized spacial score (nSPS) is 12.3. The monoisotopic (exact) mass is 1080 g/mol. The van der Waals surface area contributed by atoms with Gasteiger partial charge in [0.25, 0.3) is 0 Å². The third-order valence-corrected chi connectivity index (χ3v) is 14.8. The molecule has 81 heavy (non-hydrogen) atoms. The van der Waals surface area contributed by atoms with Crippen molar-refractivity contribution >= 4 is 27.1 Å². The molecule has 0 N–H and O–H groups in total. The maximum absolute atomic E-state index is 2.38. The Kier molecular flexibility index (Phi) is 31.0. The minimum atomic E-state index is 0.723. The van der Waals surface area contributed by atoms with E-state index in [4.69, 9.17) is 0 Å². The van der Waals surface area contributed by atoms with E-state index in [2.05, 4.69) is 311 Å². The highest BCUT2D eigenvalue weighted by Gasteiger charge is 2.23. The molecule has 0 radical (unpaired) electrons. The van der Waals surface area contributed by atoms with E-state index in [-0.39, 0.29) is 0 Å². The number of fused-ring (bicyclic) bond motifs is 4. The first-order chi connectivity index (χ1) is 38.8. The van der Waals surface area contributed by atoms with Gasteiger partial charge < -0.3 is 0 Å². The molecule has 0 bridgehead atoms. The fourth-order valence-electron chi connectivity index (χ4n) is 10.9. The van der Waals surface area contributed by atoms with Gasteiger partial charge in [-0.25, -0.2) is 0 Å². The van der Waals surface area contributed by atoms with E-state index in [0.717, 1.165) is 59.7 Å². The smallest absolute Gasteiger partial charge is 0.00854 e. The summed E-state index contributed by atoms with van der Waals surface area (Å²) in [5.74, 6) is 7.27. The van der Waals surface area contributed by atoms with Gasteiger partial charge in [0.05, 0.1) is 0 Å². The molecule has 0 unspecified atom stereocenters. The molecular formula is C81H110. The van der Waals surface area contributed by atoms with Crippen LogP contribution >= 0.6 is 0 Å². The van der Waals surface area contributed by atoms with Gasteiger partial charge in [0.15, 0.2) is 0 Å². The molecule has 0 amide bonds. The Labute approximate surface area is 497 Å². The molecule has 0 aromatic heterocycles. The highest BCUT2D eigenvalue weighted by Crippen LogP contribution is 2.32. The van der Waals surface area contributed by atoms with Gasteiger partial charge >= 0.3 is 0 Å². The van der Waals surface area contributed by atoms with Crippen LogP contribution in [0.2, 0.25) is 0 Å². The number of hydrogen-bond acceptors (Lipinski definition) is 0. The lowest BCUT2D eigenvalue weighted by Crippen LogP contribution is -2.07. The molecule has 8 aromatic rings. The van der Waals surface area contributed by atoms with Crippen molar-refractivity contribution in [3.05, 3.63) is 245 Å². The van der Waals surface area contributed by atoms with Crippen LogP contribution in [0.1, 0.15) is 175 Å². The molecule has 0 nitrogen and oxygen atoms in total. The first-order valence-electron chi connectivity index (χ1n) is 31.6. The molecule has 0 heteroatoms. The summed E-state index contributed by atoms with van der Waals surface area (Å²) >= 11 is 0. The molecule has 0 saturated heterocycles. The van der Waals surface area contributed by atoms with Crippen molar-refractivity contribution in [3.8, 4) is 0 Å². The zero-order valence-electron chi connectivity index (χ0n) is 53.8. The molecule has 0 heterocycles. The van der Waals surface area contributed by atoms with Gasteiger partial charge in [0.1, 0.15) is 0 Å². The number of hydrogen-bond donors (Lipinski definition) is 0. The van der Waals surface area contributed by atoms with E-state index in [0.29, 0.717) is 0 Å². The molecule has 0 saturated carbocycles. The van der Waals surface area contributed by atoms with E-state index in [1.165, 1.54) is 113 Å². The van der Waals surface area contributed by atoms with Crippen molar-refractivity contribution in [1.29, 1.82) is 0 Å². The van der Waals surface area contributed by atoms with Gasteiger partial charge in [-0.05, 0) is 189 Å². The van der Waals surface area contributed by atoms with Crippen LogP contribution in [0.5, 0.6) is 0 Å². The standard InChI is InChI=1S/2C14H16.C13H16.C12H16.C11H16.C10H14.C7H16/c1-11(2)10-13-8-5-7-12-6-3-4-9-14(12)13;1-11(2)9-12-7-8-13-5-3-4-6-14(13)10-12;1-10(2)9-12-8-7-11-5-3-4-6-13(11)12;1-9(2)12-7-10-5-3-4-6-11(10)8-12;1-10(2)8-9-11-6-4-3-5-7-11;1-9(2)8-10-6-4-3-5-7-10;1-6(2)5-7(3)4/h3-9,11H,10H2,1-2H3;3-8,10-11H,9H2,1-2H3;3-6,8,10H,7,9H2,1-2H3;3-6,9,12H,7-8H2,1-2H3;3-7,10H,8-9H2,1-2H3;3-7,9H,8H2,1-2H3;6-7H,5H2,1-4H3. The molecule has 10 rings (SSSR count). The van der Waals surface area contributed by atoms with Crippen LogP contribution in [-0.4, -0.2) is 0 Å². The molecule has 2 aliphatic rings. The topological polar surface area (TPSA) is 0 Å². The highest BCUT2D eigenvalue weighted by molar-refractivity contribution is 5.85. The Morgan fingerprint density at radius 1 is 0.346 bits per heavy atom. The molecule has 0 spiro atoms. The number of rotatable bonds is 14. The Bertz CT molecular complexity index is 2900. The highest BCUT2D eigenvalue weighted by atomic mass is 14.3. The van der Waals surface area contributed by atoms with Crippen LogP contribution in [0.15, 0.2) is 200 Å². The van der Waals surface area contributed by atoms with Crippen LogP contribution in [0.4, 0.5) is 0 Å². The molecule has 8 aromatic carbocycles. The second-order valence-corrected chi connectivity index (χ2v) is 26.4. The Balaban J connectivity index is 0.000000205. The minimum absolute atomic E-state index is 0.723. The van der Waals surface area contributed by atoms with E-state index in [1.807, 2.05) is 0 Å². The van der Waals surface area contributed by atoms with E-state index in [9.17, 15) is 0 Å². The summed E-state index contributed by atoms with van der Waals surface area (Å²) in [5.41, 5.74) is 13.5. The lowest BCUT2D eigenvalue weighted by atomic mass is 9.93. The summed E-state index contributed by atoms with van der Waals surface area (Å²) in [5, 5.41) is 5.44. The molecule has 2 aliphatic carbocycles. The largest absolute Gasteiger partial charge is 0.0763 e. The first kappa shape index (κ1) is 67.5. The molecule has 0 aliphatic heterocycles. The third-order valence-electron chi connectivity index (χ3n) is 14.8. The van der Waals surface area contributed by atoms with Crippen LogP contribution in [0, 0.1) is 53.3 Å². The Morgan fingerprint density at radius 3 is 1.35 bits per heavy atom. The SMILES string of the molecule is CC(C)C1Cc2ccccc2C1.CC(C)CC(C)C.CC(C)CC1=CCc2ccccc21.CC(C)CCc1ccccc1.CC(C)Cc1ccc2ccccc2c1.CC(C)Cc1cccc2ccccc12.CC(C)Cc1ccccc1. The summed E-state index contributed by atoms with van der Waals surface area (Å²) in [4.78, 5) is 0. The second-order valence-electron chi connectivity index (χ2n) is 26.4. The summed E-state index contributed by atoms with van der Waals surface area (Å²) in [6.45, 7) is 36.3. The van der Waals surface area contributed by atoms with Crippen LogP contribution in [0.25, 0.3) is 27.1 Å². The fraction of sp³-hybridized carbons (Fsp3) is 0.432. The zero-order chi connectivity index (χ0) is 59.1. The minimum Gasteiger partial charge on any atom is -0.0763 e. The van der Waals surface area contributed by atoms with Crippen molar-refractivity contribution in [2.24, 2.45) is 53.3 Å². The zero-order valence-corrected chi connectivity index (χ0v) is 53.8. The van der Waals surface area contributed by atoms with Crippen LogP contribution in [0.3, 0.4) is 0 Å². The van der Waals surface area contributed by atoms with Crippen LogP contribution in [-0.2, 0) is 44.9 Å². The van der Waals surface area contributed by atoms with E-state index in [1.54, 1.807) is 16.7 Å². The van der Waals surface area contributed by atoms with Gasteiger partial charge in [-0.2, -0.15) is 0 Å². The van der Waals surface area contributed by atoms with Gasteiger partial charge in [0.2, 0.25) is 0 Å². The van der Waals surface area contributed by atoms with Gasteiger partial charge in [-0.1, -0.05) is 311 Å². The lowest BCUT2D eigenvalue weighted by molar-refractivity contribution is 0.404. The summed E-state index contributed by atoms with van der Waals surface area (Å²) in [6.07, 6.45) is 14.7. The van der Waals surface area contributed by atoms with Crippen molar-refractivity contribution < 1.29 is 0 Å². The predicted molar refractivity (Wildman–Crippen MR) is 364 cm³/mol. The van der Waals surface area contributed by atoms with Crippen molar-refractivity contribution in [1.82, 2.24) is 0 Å². The number of aryl methyl sites for hydroxylation is 1. The summed E-state index contributed by atoms with van der Waals surface area (Å²) < 4.78 is 0. The quantitative estimate of drug-likeness (QED) is 0.102. The molecule has 0 atom stereocenters. The maximum atomic E-state index is 2.38. The van der Waals surface area contributed by atoms with Gasteiger partial charge in [0, 0.05) is 0 Å². The fourth-order valence-corrected chi connectivity index (χ4v) is 10.9. The average Bonchev–Trinajstić information content (AvgIpc) is 4.11. The maximum Gasteiger partial charge on any atom is -0.00854 e. The van der Waals surface area contributed by atoms with Gasteiger partial charge in [-0.15, -0.1) is 0 Å². The van der Waals surface area contributed by atoms with E-state index >= 15 is 0 Å². The van der Waals surface area contributed by atoms with Gasteiger partial charge in [-0.3, -0.25) is 0 Å². The van der Waals surface area contributed by atoms with Crippen molar-refractivity contribution in [2.75, 3.05) is 0 Å². The van der Waals surface area contributed by atoms with E-state index < -0.39 is 0 Å². The first-order valence-corrected chi connectivity index (χ1v) is 31.6. The van der Waals surface area contributed by atoms with Crippen LogP contribution < -0.4 is 0 Å². The van der Waals surface area contributed by atoms with Crippen molar-refractivity contribution in [2.45, 2.75) is 175 Å². The Hall–Kier alpha value is -5.98. The summed E-state index contributed by atoms with van der Waals surface area (Å²) in [7, 11) is 0. The predicted octanol–water partition coefficient (Wildman–Crippen LogP) is 23.7. The molecular weight excluding hydrogens is 973 g/mol. The molecule has 0 fully saturated rings. The van der Waals surface area contributed by atoms with Crippen molar-refractivity contribution in [3.63, 3.8) is 0 Å². The third kappa shape index (κ3) is 27.1. The second kappa shape index (κ2) is 37.2. The number of allylic oxidation sites excluding steroid dienone is 2.